The first-order chi connectivity index (χ1) is 14.6. The van der Waals surface area contributed by atoms with Gasteiger partial charge in [0.25, 0.3) is 0 Å². The number of rotatable bonds is 6. The Hall–Kier alpha value is -1.08. The van der Waals surface area contributed by atoms with E-state index in [0.29, 0.717) is 25.9 Å². The molecular formula is C25H38O6. The molecule has 0 heterocycles. The highest BCUT2D eigenvalue weighted by atomic mass is 16.7. The van der Waals surface area contributed by atoms with Gasteiger partial charge in [0.2, 0.25) is 0 Å². The quantitative estimate of drug-likeness (QED) is 0.624. The molecule has 2 N–H and O–H groups in total. The maximum atomic E-state index is 13.2. The van der Waals surface area contributed by atoms with Gasteiger partial charge < -0.3 is 19.7 Å². The fourth-order valence-corrected chi connectivity index (χ4v) is 8.07. The molecule has 0 amide bonds. The summed E-state index contributed by atoms with van der Waals surface area (Å²) in [6.07, 6.45) is 5.65. The molecule has 2 unspecified atom stereocenters. The standard InChI is InChI=1S/C25H38O6/c1-5-30-15(2)31-25(21(29)14-26)11-9-19-18-7-6-16-12-17(27)8-10-23(16,3)22(18)20(28)13-24(19,25)4/h12,15,18-20,22,26,28H,5-11,13-14H2,1-4H3/t15?,18-,19-,20?,22+,23-,24-,25-/m0/s1. The van der Waals surface area contributed by atoms with Crippen LogP contribution in [0.4, 0.5) is 0 Å². The molecule has 31 heavy (non-hydrogen) atoms. The molecule has 0 saturated heterocycles. The zero-order valence-corrected chi connectivity index (χ0v) is 19.4. The minimum Gasteiger partial charge on any atom is -0.393 e. The van der Waals surface area contributed by atoms with Crippen molar-refractivity contribution in [1.82, 2.24) is 0 Å². The van der Waals surface area contributed by atoms with Gasteiger partial charge in [-0.05, 0) is 81.6 Å². The second-order valence-electron chi connectivity index (χ2n) is 10.7. The van der Waals surface area contributed by atoms with Crippen molar-refractivity contribution in [2.75, 3.05) is 13.2 Å². The van der Waals surface area contributed by atoms with Crippen LogP contribution in [0.15, 0.2) is 11.6 Å². The van der Waals surface area contributed by atoms with E-state index in [1.165, 1.54) is 5.57 Å². The Balaban J connectivity index is 1.72. The molecule has 3 saturated carbocycles. The average molecular weight is 435 g/mol. The van der Waals surface area contributed by atoms with Gasteiger partial charge in [-0.15, -0.1) is 0 Å². The minimum atomic E-state index is -1.15. The average Bonchev–Trinajstić information content (AvgIpc) is 3.00. The van der Waals surface area contributed by atoms with Gasteiger partial charge in [-0.3, -0.25) is 9.59 Å². The number of ether oxygens (including phenoxy) is 2. The summed E-state index contributed by atoms with van der Waals surface area (Å²) < 4.78 is 12.0. The Labute approximate surface area is 185 Å². The number of hydrogen-bond acceptors (Lipinski definition) is 6. The van der Waals surface area contributed by atoms with Crippen molar-refractivity contribution in [3.8, 4) is 0 Å². The van der Waals surface area contributed by atoms with E-state index < -0.39 is 30.0 Å². The number of carbonyl (C=O) groups is 2. The molecule has 0 spiro atoms. The lowest BCUT2D eigenvalue weighted by atomic mass is 9.45. The molecule has 0 aromatic rings. The van der Waals surface area contributed by atoms with Crippen LogP contribution >= 0.6 is 0 Å². The van der Waals surface area contributed by atoms with Gasteiger partial charge >= 0.3 is 0 Å². The van der Waals surface area contributed by atoms with Gasteiger partial charge in [-0.25, -0.2) is 0 Å². The Kier molecular flexibility index (Phi) is 6.00. The van der Waals surface area contributed by atoms with Crippen LogP contribution in [0.2, 0.25) is 0 Å². The summed E-state index contributed by atoms with van der Waals surface area (Å²) in [5.41, 5.74) is -0.680. The molecule has 0 radical (unpaired) electrons. The molecule has 0 bridgehead atoms. The van der Waals surface area contributed by atoms with E-state index in [-0.39, 0.29) is 34.7 Å². The number of Topliss-reactive ketones (excluding diaryl/α,β-unsaturated/α-hetero) is 1. The fraction of sp³-hybridized carbons (Fsp3) is 0.840. The molecule has 4 rings (SSSR count). The topological polar surface area (TPSA) is 93.1 Å². The molecule has 8 atom stereocenters. The molecule has 0 aromatic carbocycles. The molecule has 0 aromatic heterocycles. The van der Waals surface area contributed by atoms with E-state index in [4.69, 9.17) is 9.47 Å². The zero-order valence-electron chi connectivity index (χ0n) is 19.4. The first kappa shape index (κ1) is 23.1. The lowest BCUT2D eigenvalue weighted by molar-refractivity contribution is -0.247. The van der Waals surface area contributed by atoms with Crippen LogP contribution in [0, 0.1) is 28.6 Å². The van der Waals surface area contributed by atoms with Crippen molar-refractivity contribution >= 4 is 11.6 Å². The molecule has 4 aliphatic carbocycles. The first-order valence-electron chi connectivity index (χ1n) is 12.0. The molecule has 174 valence electrons. The summed E-state index contributed by atoms with van der Waals surface area (Å²) in [5, 5.41) is 21.4. The summed E-state index contributed by atoms with van der Waals surface area (Å²) in [6, 6.07) is 0. The summed E-state index contributed by atoms with van der Waals surface area (Å²) in [5.74, 6) is 0.473. The summed E-state index contributed by atoms with van der Waals surface area (Å²) in [7, 11) is 0. The van der Waals surface area contributed by atoms with E-state index in [1.807, 2.05) is 13.0 Å². The maximum Gasteiger partial charge on any atom is 0.190 e. The Morgan fingerprint density at radius 2 is 2.00 bits per heavy atom. The predicted molar refractivity (Wildman–Crippen MR) is 115 cm³/mol. The van der Waals surface area contributed by atoms with Crippen LogP contribution in [0.25, 0.3) is 0 Å². The van der Waals surface area contributed by atoms with Gasteiger partial charge in [-0.1, -0.05) is 19.4 Å². The van der Waals surface area contributed by atoms with Gasteiger partial charge in [0, 0.05) is 18.4 Å². The maximum absolute atomic E-state index is 13.2. The fourth-order valence-electron chi connectivity index (χ4n) is 8.07. The Morgan fingerprint density at radius 1 is 1.26 bits per heavy atom. The van der Waals surface area contributed by atoms with Crippen LogP contribution in [0.1, 0.15) is 72.6 Å². The molecule has 4 aliphatic rings. The minimum absolute atomic E-state index is 0.0861. The third-order valence-corrected chi connectivity index (χ3v) is 9.38. The van der Waals surface area contributed by atoms with E-state index in [0.717, 1.165) is 25.7 Å². The number of allylic oxidation sites excluding steroid dienone is 1. The number of aliphatic hydroxyl groups is 2. The van der Waals surface area contributed by atoms with E-state index >= 15 is 0 Å². The van der Waals surface area contributed by atoms with Crippen molar-refractivity contribution in [1.29, 1.82) is 0 Å². The van der Waals surface area contributed by atoms with E-state index in [1.54, 1.807) is 6.92 Å². The molecule has 3 fully saturated rings. The lowest BCUT2D eigenvalue weighted by Crippen LogP contribution is -2.63. The van der Waals surface area contributed by atoms with Crippen molar-refractivity contribution < 1.29 is 29.3 Å². The normalized spacial score (nSPS) is 45.4. The highest BCUT2D eigenvalue weighted by Crippen LogP contribution is 2.68. The van der Waals surface area contributed by atoms with Crippen LogP contribution in [-0.2, 0) is 19.1 Å². The van der Waals surface area contributed by atoms with Gasteiger partial charge in [0.05, 0.1) is 6.10 Å². The van der Waals surface area contributed by atoms with Crippen LogP contribution in [-0.4, -0.2) is 53.0 Å². The van der Waals surface area contributed by atoms with Crippen molar-refractivity contribution in [3.63, 3.8) is 0 Å². The highest BCUT2D eigenvalue weighted by molar-refractivity contribution is 5.92. The number of hydrogen-bond donors (Lipinski definition) is 2. The highest BCUT2D eigenvalue weighted by Gasteiger charge is 2.69. The van der Waals surface area contributed by atoms with Crippen molar-refractivity contribution in [2.45, 2.75) is 90.6 Å². The number of fused-ring (bicyclic) bond motifs is 5. The number of ketones is 2. The Morgan fingerprint density at radius 3 is 2.68 bits per heavy atom. The SMILES string of the molecule is CCOC(C)O[C@]1(C(=O)CO)CC[C@H]2[C@@H]3CCC4=CC(=O)CC[C@]4(C)[C@H]3C(O)C[C@@]21C. The van der Waals surface area contributed by atoms with Gasteiger partial charge in [0.1, 0.15) is 12.2 Å². The Bertz CT molecular complexity index is 776. The predicted octanol–water partition coefficient (Wildman–Crippen LogP) is 3.19. The lowest BCUT2D eigenvalue weighted by Gasteiger charge is -2.61. The van der Waals surface area contributed by atoms with Crippen molar-refractivity contribution in [2.24, 2.45) is 28.6 Å². The van der Waals surface area contributed by atoms with Crippen LogP contribution in [0.5, 0.6) is 0 Å². The van der Waals surface area contributed by atoms with Crippen LogP contribution < -0.4 is 0 Å². The summed E-state index contributed by atoms with van der Waals surface area (Å²) >= 11 is 0. The zero-order chi connectivity index (χ0) is 22.6. The van der Waals surface area contributed by atoms with Crippen molar-refractivity contribution in [3.05, 3.63) is 11.6 Å². The molecule has 6 nitrogen and oxygen atoms in total. The largest absolute Gasteiger partial charge is 0.393 e. The van der Waals surface area contributed by atoms with E-state index in [9.17, 15) is 19.8 Å². The third kappa shape index (κ3) is 3.28. The first-order valence-corrected chi connectivity index (χ1v) is 12.0. The molecular weight excluding hydrogens is 396 g/mol. The molecule has 0 aliphatic heterocycles. The number of aliphatic hydroxyl groups excluding tert-OH is 2. The second kappa shape index (κ2) is 8.05. The third-order valence-electron chi connectivity index (χ3n) is 9.38. The summed E-state index contributed by atoms with van der Waals surface area (Å²) in [6.45, 7) is 7.89. The second-order valence-corrected chi connectivity index (χ2v) is 10.7. The van der Waals surface area contributed by atoms with Gasteiger partial charge in [-0.2, -0.15) is 0 Å². The number of carbonyl (C=O) groups excluding carboxylic acids is 2. The summed E-state index contributed by atoms with van der Waals surface area (Å²) in [4.78, 5) is 25.2. The van der Waals surface area contributed by atoms with Crippen LogP contribution in [0.3, 0.4) is 0 Å². The monoisotopic (exact) mass is 434 g/mol. The van der Waals surface area contributed by atoms with Gasteiger partial charge in [0.15, 0.2) is 17.9 Å². The molecule has 6 heteroatoms. The van der Waals surface area contributed by atoms with E-state index in [2.05, 4.69) is 13.8 Å². The smallest absolute Gasteiger partial charge is 0.190 e.